The smallest absolute Gasteiger partial charge is 0.0701 e. The highest BCUT2D eigenvalue weighted by atomic mass is 16.5. The lowest BCUT2D eigenvalue weighted by Gasteiger charge is -2.25. The van der Waals surface area contributed by atoms with Gasteiger partial charge in [-0.1, -0.05) is 12.1 Å². The number of ether oxygens (including phenoxy) is 2. The molecular weight excluding hydrogens is 328 g/mol. The van der Waals surface area contributed by atoms with E-state index in [9.17, 15) is 0 Å². The summed E-state index contributed by atoms with van der Waals surface area (Å²) in [5.41, 5.74) is 4.41. The first-order valence-corrected chi connectivity index (χ1v) is 9.35. The van der Waals surface area contributed by atoms with Gasteiger partial charge in [-0.3, -0.25) is 19.8 Å². The fraction of sp³-hybridized carbons (Fsp3) is 0.500. The van der Waals surface area contributed by atoms with E-state index in [2.05, 4.69) is 46.2 Å². The monoisotopic (exact) mass is 354 g/mol. The van der Waals surface area contributed by atoms with Gasteiger partial charge in [0.1, 0.15) is 0 Å². The number of fused-ring (bicyclic) bond motifs is 4. The van der Waals surface area contributed by atoms with E-state index in [-0.39, 0.29) is 0 Å². The molecule has 6 nitrogen and oxygen atoms in total. The molecule has 0 unspecified atom stereocenters. The van der Waals surface area contributed by atoms with E-state index in [1.54, 1.807) is 0 Å². The van der Waals surface area contributed by atoms with Gasteiger partial charge in [0.15, 0.2) is 0 Å². The van der Waals surface area contributed by atoms with Crippen molar-refractivity contribution < 1.29 is 9.47 Å². The third-order valence-electron chi connectivity index (χ3n) is 4.75. The Bertz CT molecular complexity index is 620. The molecule has 4 heterocycles. The molecule has 2 aromatic rings. The van der Waals surface area contributed by atoms with Gasteiger partial charge in [-0.25, -0.2) is 0 Å². The van der Waals surface area contributed by atoms with Gasteiger partial charge in [-0.2, -0.15) is 0 Å². The van der Waals surface area contributed by atoms with Crippen LogP contribution in [0, 0.1) is 0 Å². The number of pyridine rings is 2. The Kier molecular flexibility index (Phi) is 5.86. The van der Waals surface area contributed by atoms with Crippen LogP contribution in [-0.4, -0.2) is 59.3 Å². The Morgan fingerprint density at radius 3 is 1.35 bits per heavy atom. The standard InChI is InChI=1S/C20H26N4O2/c1-3-17-13-23-7-9-25-11-12-26-10-8-24(14-18(4-1)21-17)16-20-6-2-5-19(15-23)22-20/h1-6H,7-16H2. The SMILES string of the molecule is c1cc2nc(c1)CN1CCOCCOCCN(C2)Cc2cccc(n2)C1. The molecule has 0 amide bonds. The molecule has 2 aliphatic heterocycles. The van der Waals surface area contributed by atoms with Crippen molar-refractivity contribution >= 4 is 0 Å². The Labute approximate surface area is 154 Å². The van der Waals surface area contributed by atoms with Gasteiger partial charge in [0.2, 0.25) is 0 Å². The van der Waals surface area contributed by atoms with Crippen LogP contribution in [0.3, 0.4) is 0 Å². The van der Waals surface area contributed by atoms with Gasteiger partial charge in [0, 0.05) is 39.3 Å². The average molecular weight is 354 g/mol. The minimum Gasteiger partial charge on any atom is -0.378 e. The molecule has 0 radical (unpaired) electrons. The molecule has 0 N–H and O–H groups in total. The molecular formula is C20H26N4O2. The first-order valence-electron chi connectivity index (χ1n) is 9.35. The van der Waals surface area contributed by atoms with E-state index in [0.29, 0.717) is 26.4 Å². The van der Waals surface area contributed by atoms with Crippen molar-refractivity contribution in [2.75, 3.05) is 39.5 Å². The highest BCUT2D eigenvalue weighted by Gasteiger charge is 2.15. The van der Waals surface area contributed by atoms with E-state index < -0.39 is 0 Å². The molecule has 2 aromatic heterocycles. The fourth-order valence-electron chi connectivity index (χ4n) is 3.46. The van der Waals surface area contributed by atoms with Gasteiger partial charge in [-0.15, -0.1) is 0 Å². The molecule has 0 atom stereocenters. The van der Waals surface area contributed by atoms with Crippen LogP contribution in [0.2, 0.25) is 0 Å². The Morgan fingerprint density at radius 1 is 0.577 bits per heavy atom. The molecule has 0 aliphatic carbocycles. The number of rotatable bonds is 0. The van der Waals surface area contributed by atoms with Crippen molar-refractivity contribution in [3.63, 3.8) is 0 Å². The maximum absolute atomic E-state index is 5.75. The molecule has 4 rings (SSSR count). The van der Waals surface area contributed by atoms with Crippen molar-refractivity contribution in [1.29, 1.82) is 0 Å². The molecule has 6 bridgehead atoms. The molecule has 0 fully saturated rings. The summed E-state index contributed by atoms with van der Waals surface area (Å²) in [6.45, 7) is 7.59. The van der Waals surface area contributed by atoms with Crippen LogP contribution in [0.25, 0.3) is 0 Å². The van der Waals surface area contributed by atoms with E-state index in [1.807, 2.05) is 0 Å². The maximum atomic E-state index is 5.75. The summed E-state index contributed by atoms with van der Waals surface area (Å²) in [6.07, 6.45) is 0. The van der Waals surface area contributed by atoms with Gasteiger partial charge in [0.25, 0.3) is 0 Å². The second-order valence-electron chi connectivity index (χ2n) is 6.89. The number of aromatic nitrogens is 2. The molecule has 0 aromatic carbocycles. The van der Waals surface area contributed by atoms with Gasteiger partial charge >= 0.3 is 0 Å². The Hall–Kier alpha value is -1.86. The normalized spacial score (nSPS) is 24.6. The van der Waals surface area contributed by atoms with Crippen molar-refractivity contribution in [3.8, 4) is 0 Å². The summed E-state index contributed by atoms with van der Waals surface area (Å²) in [4.78, 5) is 14.5. The highest BCUT2D eigenvalue weighted by Crippen LogP contribution is 2.14. The average Bonchev–Trinajstić information content (AvgIpc) is 2.63. The number of hydrogen-bond acceptors (Lipinski definition) is 6. The third kappa shape index (κ3) is 4.86. The quantitative estimate of drug-likeness (QED) is 0.720. The van der Waals surface area contributed by atoms with Crippen molar-refractivity contribution in [1.82, 2.24) is 19.8 Å². The van der Waals surface area contributed by atoms with Crippen LogP contribution >= 0.6 is 0 Å². The fourth-order valence-corrected chi connectivity index (χ4v) is 3.46. The predicted octanol–water partition coefficient (Wildman–Crippen LogP) is 1.84. The van der Waals surface area contributed by atoms with E-state index in [1.165, 1.54) is 0 Å². The van der Waals surface area contributed by atoms with Crippen LogP contribution in [-0.2, 0) is 35.7 Å². The predicted molar refractivity (Wildman–Crippen MR) is 98.3 cm³/mol. The zero-order chi connectivity index (χ0) is 17.6. The van der Waals surface area contributed by atoms with Crippen LogP contribution in [0.4, 0.5) is 0 Å². The Morgan fingerprint density at radius 2 is 0.962 bits per heavy atom. The number of hydrogen-bond donors (Lipinski definition) is 0. The molecule has 138 valence electrons. The minimum absolute atomic E-state index is 0.645. The van der Waals surface area contributed by atoms with Crippen LogP contribution in [0.1, 0.15) is 22.8 Å². The van der Waals surface area contributed by atoms with Gasteiger partial charge < -0.3 is 9.47 Å². The molecule has 0 saturated heterocycles. The molecule has 6 heteroatoms. The second-order valence-corrected chi connectivity index (χ2v) is 6.89. The maximum Gasteiger partial charge on any atom is 0.0701 e. The van der Waals surface area contributed by atoms with Gasteiger partial charge in [0.05, 0.1) is 49.2 Å². The van der Waals surface area contributed by atoms with E-state index in [0.717, 1.165) is 62.0 Å². The Balaban J connectivity index is 1.69. The topological polar surface area (TPSA) is 50.7 Å². The summed E-state index contributed by atoms with van der Waals surface area (Å²) < 4.78 is 11.5. The van der Waals surface area contributed by atoms with Crippen molar-refractivity contribution in [2.24, 2.45) is 0 Å². The van der Waals surface area contributed by atoms with Crippen LogP contribution in [0.5, 0.6) is 0 Å². The van der Waals surface area contributed by atoms with Crippen molar-refractivity contribution in [2.45, 2.75) is 26.2 Å². The lowest BCUT2D eigenvalue weighted by Crippen LogP contribution is -2.30. The first kappa shape index (κ1) is 17.5. The zero-order valence-electron chi connectivity index (χ0n) is 15.1. The number of nitrogens with zero attached hydrogens (tertiary/aromatic N) is 4. The van der Waals surface area contributed by atoms with Gasteiger partial charge in [-0.05, 0) is 24.3 Å². The summed E-state index contributed by atoms with van der Waals surface area (Å²) in [5.74, 6) is 0. The third-order valence-corrected chi connectivity index (χ3v) is 4.75. The summed E-state index contributed by atoms with van der Waals surface area (Å²) >= 11 is 0. The second kappa shape index (κ2) is 8.68. The zero-order valence-corrected chi connectivity index (χ0v) is 15.1. The largest absolute Gasteiger partial charge is 0.378 e. The van der Waals surface area contributed by atoms with E-state index >= 15 is 0 Å². The molecule has 2 aliphatic rings. The molecule has 0 spiro atoms. The summed E-state index contributed by atoms with van der Waals surface area (Å²) in [7, 11) is 0. The minimum atomic E-state index is 0.645. The van der Waals surface area contributed by atoms with E-state index in [4.69, 9.17) is 19.4 Å². The summed E-state index contributed by atoms with van der Waals surface area (Å²) in [6, 6.07) is 12.7. The first-order chi connectivity index (χ1) is 12.8. The van der Waals surface area contributed by atoms with Crippen LogP contribution < -0.4 is 0 Å². The molecule has 0 saturated carbocycles. The van der Waals surface area contributed by atoms with Crippen molar-refractivity contribution in [3.05, 3.63) is 59.2 Å². The highest BCUT2D eigenvalue weighted by molar-refractivity contribution is 5.15. The summed E-state index contributed by atoms with van der Waals surface area (Å²) in [5, 5.41) is 0. The lowest BCUT2D eigenvalue weighted by molar-refractivity contribution is 0.0290. The van der Waals surface area contributed by atoms with Crippen LogP contribution in [0.15, 0.2) is 36.4 Å². The lowest BCUT2D eigenvalue weighted by atomic mass is 10.2. The molecule has 26 heavy (non-hydrogen) atoms.